The van der Waals surface area contributed by atoms with E-state index in [1.165, 1.54) is 0 Å². The Balaban J connectivity index is 2.38. The number of nitrogens with zero attached hydrogens (tertiary/aromatic N) is 1. The topological polar surface area (TPSA) is 60.2 Å². The van der Waals surface area contributed by atoms with E-state index in [1.807, 2.05) is 24.4 Å². The standard InChI is InChI=1S/C12H14ClN3OS/c1-7-15-10(6-18-7)12(16-14)8-3-4-9(13)11(5-8)17-2/h3-6,12,16H,14H2,1-2H3. The lowest BCUT2D eigenvalue weighted by Gasteiger charge is -2.15. The van der Waals surface area contributed by atoms with E-state index in [2.05, 4.69) is 10.4 Å². The molecule has 4 nitrogen and oxygen atoms in total. The van der Waals surface area contributed by atoms with Crippen molar-refractivity contribution in [1.82, 2.24) is 10.4 Å². The summed E-state index contributed by atoms with van der Waals surface area (Å²) in [7, 11) is 1.59. The smallest absolute Gasteiger partial charge is 0.137 e. The quantitative estimate of drug-likeness (QED) is 0.669. The van der Waals surface area contributed by atoms with Gasteiger partial charge < -0.3 is 4.74 Å². The lowest BCUT2D eigenvalue weighted by atomic mass is 10.0. The number of ether oxygens (including phenoxy) is 1. The molecule has 1 unspecified atom stereocenters. The summed E-state index contributed by atoms with van der Waals surface area (Å²) in [6, 6.07) is 5.39. The van der Waals surface area contributed by atoms with E-state index in [0.717, 1.165) is 16.3 Å². The Kier molecular flexibility index (Phi) is 4.19. The van der Waals surface area contributed by atoms with Gasteiger partial charge in [0, 0.05) is 5.38 Å². The molecule has 0 amide bonds. The molecule has 0 saturated carbocycles. The van der Waals surface area contributed by atoms with Gasteiger partial charge in [0.15, 0.2) is 0 Å². The number of hydrogen-bond acceptors (Lipinski definition) is 5. The number of hydrazine groups is 1. The molecule has 3 N–H and O–H groups in total. The van der Waals surface area contributed by atoms with Crippen LogP contribution in [0, 0.1) is 6.92 Å². The zero-order valence-corrected chi connectivity index (χ0v) is 11.7. The Labute approximate surface area is 115 Å². The normalized spacial score (nSPS) is 12.4. The van der Waals surface area contributed by atoms with Crippen molar-refractivity contribution >= 4 is 22.9 Å². The average molecular weight is 284 g/mol. The molecule has 0 aliphatic heterocycles. The highest BCUT2D eigenvalue weighted by Crippen LogP contribution is 2.30. The molecule has 1 atom stereocenters. The van der Waals surface area contributed by atoms with E-state index in [-0.39, 0.29) is 6.04 Å². The minimum Gasteiger partial charge on any atom is -0.495 e. The van der Waals surface area contributed by atoms with Crippen LogP contribution in [-0.4, -0.2) is 12.1 Å². The highest BCUT2D eigenvalue weighted by molar-refractivity contribution is 7.09. The molecule has 0 spiro atoms. The number of nitrogens with one attached hydrogen (secondary N) is 1. The van der Waals surface area contributed by atoms with Crippen LogP contribution in [-0.2, 0) is 0 Å². The first-order chi connectivity index (χ1) is 8.65. The van der Waals surface area contributed by atoms with Gasteiger partial charge >= 0.3 is 0 Å². The van der Waals surface area contributed by atoms with Gasteiger partial charge in [0.2, 0.25) is 0 Å². The van der Waals surface area contributed by atoms with Crippen LogP contribution in [0.25, 0.3) is 0 Å². The predicted molar refractivity (Wildman–Crippen MR) is 74.0 cm³/mol. The van der Waals surface area contributed by atoms with Crippen LogP contribution in [0.5, 0.6) is 5.75 Å². The molecule has 0 saturated heterocycles. The van der Waals surface area contributed by atoms with Gasteiger partial charge in [-0.25, -0.2) is 10.4 Å². The van der Waals surface area contributed by atoms with E-state index in [4.69, 9.17) is 22.2 Å². The molecule has 0 aliphatic carbocycles. The third-order valence-corrected chi connectivity index (χ3v) is 3.71. The van der Waals surface area contributed by atoms with Crippen LogP contribution < -0.4 is 16.0 Å². The summed E-state index contributed by atoms with van der Waals surface area (Å²) in [6.45, 7) is 1.96. The fraction of sp³-hybridized carbons (Fsp3) is 0.250. The number of methoxy groups -OCH3 is 1. The van der Waals surface area contributed by atoms with Gasteiger partial charge in [-0.1, -0.05) is 17.7 Å². The van der Waals surface area contributed by atoms with Crippen LogP contribution >= 0.6 is 22.9 Å². The zero-order valence-electron chi connectivity index (χ0n) is 10.1. The summed E-state index contributed by atoms with van der Waals surface area (Å²) in [5.74, 6) is 6.24. The van der Waals surface area contributed by atoms with Crippen molar-refractivity contribution in [2.24, 2.45) is 5.84 Å². The van der Waals surface area contributed by atoms with Gasteiger partial charge in [0.25, 0.3) is 0 Å². The molecule has 1 heterocycles. The van der Waals surface area contributed by atoms with Crippen molar-refractivity contribution < 1.29 is 4.74 Å². The number of nitrogens with two attached hydrogens (primary N) is 1. The summed E-state index contributed by atoms with van der Waals surface area (Å²) >= 11 is 7.60. The van der Waals surface area contributed by atoms with Crippen molar-refractivity contribution in [3.8, 4) is 5.75 Å². The summed E-state index contributed by atoms with van der Waals surface area (Å²) < 4.78 is 5.20. The summed E-state index contributed by atoms with van der Waals surface area (Å²) in [6.07, 6.45) is 0. The maximum absolute atomic E-state index is 6.00. The SMILES string of the molecule is COc1cc(C(NN)c2csc(C)n2)ccc1Cl. The Morgan fingerprint density at radius 1 is 1.50 bits per heavy atom. The Morgan fingerprint density at radius 2 is 2.28 bits per heavy atom. The molecule has 2 aromatic rings. The number of halogens is 1. The summed E-state index contributed by atoms with van der Waals surface area (Å²) in [4.78, 5) is 4.44. The molecule has 0 bridgehead atoms. The number of rotatable bonds is 4. The van der Waals surface area contributed by atoms with E-state index < -0.39 is 0 Å². The monoisotopic (exact) mass is 283 g/mol. The van der Waals surface area contributed by atoms with E-state index in [0.29, 0.717) is 10.8 Å². The maximum atomic E-state index is 6.00. The second-order valence-electron chi connectivity index (χ2n) is 3.79. The Morgan fingerprint density at radius 3 is 2.83 bits per heavy atom. The fourth-order valence-electron chi connectivity index (χ4n) is 1.72. The minimum atomic E-state index is -0.166. The molecule has 0 aliphatic rings. The van der Waals surface area contributed by atoms with Gasteiger partial charge in [0.05, 0.1) is 28.9 Å². The van der Waals surface area contributed by atoms with Crippen LogP contribution in [0.4, 0.5) is 0 Å². The molecular weight excluding hydrogens is 270 g/mol. The van der Waals surface area contributed by atoms with E-state index in [1.54, 1.807) is 24.5 Å². The number of aromatic nitrogens is 1. The molecule has 2 rings (SSSR count). The van der Waals surface area contributed by atoms with Gasteiger partial charge in [0.1, 0.15) is 5.75 Å². The van der Waals surface area contributed by atoms with Gasteiger partial charge in [-0.2, -0.15) is 0 Å². The van der Waals surface area contributed by atoms with Crippen molar-refractivity contribution in [1.29, 1.82) is 0 Å². The van der Waals surface area contributed by atoms with Crippen LogP contribution in [0.15, 0.2) is 23.6 Å². The lowest BCUT2D eigenvalue weighted by molar-refractivity contribution is 0.414. The molecule has 1 aromatic carbocycles. The van der Waals surface area contributed by atoms with Crippen molar-refractivity contribution in [3.05, 3.63) is 44.9 Å². The second-order valence-corrected chi connectivity index (χ2v) is 5.25. The zero-order chi connectivity index (χ0) is 13.1. The summed E-state index contributed by atoms with van der Waals surface area (Å²) in [5.41, 5.74) is 4.62. The minimum absolute atomic E-state index is 0.166. The summed E-state index contributed by atoms with van der Waals surface area (Å²) in [5, 5.41) is 3.57. The number of hydrogen-bond donors (Lipinski definition) is 2. The number of benzene rings is 1. The molecule has 96 valence electrons. The van der Waals surface area contributed by atoms with Gasteiger partial charge in [-0.05, 0) is 24.6 Å². The molecule has 6 heteroatoms. The third-order valence-electron chi connectivity index (χ3n) is 2.61. The first-order valence-corrected chi connectivity index (χ1v) is 6.63. The van der Waals surface area contributed by atoms with Crippen LogP contribution in [0.1, 0.15) is 22.3 Å². The number of thiazole rings is 1. The Bertz CT molecular complexity index is 544. The third kappa shape index (κ3) is 2.64. The van der Waals surface area contributed by atoms with Crippen molar-refractivity contribution in [3.63, 3.8) is 0 Å². The highest BCUT2D eigenvalue weighted by Gasteiger charge is 2.16. The first kappa shape index (κ1) is 13.3. The molecule has 18 heavy (non-hydrogen) atoms. The fourth-order valence-corrected chi connectivity index (χ4v) is 2.55. The largest absolute Gasteiger partial charge is 0.495 e. The van der Waals surface area contributed by atoms with Crippen molar-refractivity contribution in [2.75, 3.05) is 7.11 Å². The predicted octanol–water partition coefficient (Wildman–Crippen LogP) is 2.67. The number of aryl methyl sites for hydroxylation is 1. The van der Waals surface area contributed by atoms with Crippen LogP contribution in [0.2, 0.25) is 5.02 Å². The maximum Gasteiger partial charge on any atom is 0.137 e. The van der Waals surface area contributed by atoms with Gasteiger partial charge in [-0.15, -0.1) is 11.3 Å². The van der Waals surface area contributed by atoms with Crippen LogP contribution in [0.3, 0.4) is 0 Å². The lowest BCUT2D eigenvalue weighted by Crippen LogP contribution is -2.29. The molecular formula is C12H14ClN3OS. The van der Waals surface area contributed by atoms with Gasteiger partial charge in [-0.3, -0.25) is 5.84 Å². The first-order valence-electron chi connectivity index (χ1n) is 5.37. The highest BCUT2D eigenvalue weighted by atomic mass is 35.5. The molecule has 0 fully saturated rings. The second kappa shape index (κ2) is 5.67. The Hall–Kier alpha value is -1.14. The average Bonchev–Trinajstić information content (AvgIpc) is 2.79. The van der Waals surface area contributed by atoms with E-state index >= 15 is 0 Å². The molecule has 1 aromatic heterocycles. The van der Waals surface area contributed by atoms with Crippen molar-refractivity contribution in [2.45, 2.75) is 13.0 Å². The molecule has 0 radical (unpaired) electrons. The van der Waals surface area contributed by atoms with E-state index in [9.17, 15) is 0 Å².